The van der Waals surface area contributed by atoms with E-state index in [9.17, 15) is 4.79 Å². The predicted octanol–water partition coefficient (Wildman–Crippen LogP) is 1.90. The summed E-state index contributed by atoms with van der Waals surface area (Å²) < 4.78 is 0. The molecule has 82 valence electrons. The van der Waals surface area contributed by atoms with Crippen LogP contribution in [-0.4, -0.2) is 11.1 Å². The van der Waals surface area contributed by atoms with Gasteiger partial charge in [-0.05, 0) is 24.0 Å². The van der Waals surface area contributed by atoms with Gasteiger partial charge in [-0.15, -0.1) is 0 Å². The summed E-state index contributed by atoms with van der Waals surface area (Å²) in [5.41, 5.74) is 6.44. The molecule has 0 unspecified atom stereocenters. The summed E-state index contributed by atoms with van der Waals surface area (Å²) in [5.74, 6) is -0.978. The molecule has 1 rings (SSSR count). The second-order valence-corrected chi connectivity index (χ2v) is 3.68. The first kappa shape index (κ1) is 11.7. The predicted molar refractivity (Wildman–Crippen MR) is 59.6 cm³/mol. The second-order valence-electron chi connectivity index (χ2n) is 3.68. The summed E-state index contributed by atoms with van der Waals surface area (Å²) in [6.45, 7) is 3.84. The Balaban J connectivity index is 3.08. The van der Waals surface area contributed by atoms with E-state index >= 15 is 0 Å². The van der Waals surface area contributed by atoms with E-state index in [0.29, 0.717) is 12.0 Å². The lowest BCUT2D eigenvalue weighted by Gasteiger charge is -2.23. The van der Waals surface area contributed by atoms with Crippen molar-refractivity contribution in [2.24, 2.45) is 5.73 Å². The Morgan fingerprint density at radius 1 is 1.33 bits per heavy atom. The fraction of sp³-hybridized carbons (Fsp3) is 0.417. The van der Waals surface area contributed by atoms with Crippen molar-refractivity contribution in [3.63, 3.8) is 0 Å². The molecule has 3 N–H and O–H groups in total. The molecule has 0 aliphatic rings. The van der Waals surface area contributed by atoms with Gasteiger partial charge >= 0.3 is 5.97 Å². The number of aliphatic carboxylic acids is 1. The summed E-state index contributed by atoms with van der Waals surface area (Å²) in [6.07, 6.45) is 1.32. The molecule has 0 aliphatic heterocycles. The van der Waals surface area contributed by atoms with Crippen molar-refractivity contribution < 1.29 is 9.90 Å². The van der Waals surface area contributed by atoms with E-state index in [1.165, 1.54) is 5.56 Å². The Kier molecular flexibility index (Phi) is 3.48. The molecule has 0 saturated heterocycles. The first-order valence-electron chi connectivity index (χ1n) is 5.16. The molecule has 0 fully saturated rings. The van der Waals surface area contributed by atoms with Gasteiger partial charge in [-0.25, -0.2) is 4.79 Å². The van der Waals surface area contributed by atoms with Crippen LogP contribution >= 0.6 is 0 Å². The summed E-state index contributed by atoms with van der Waals surface area (Å²) >= 11 is 0. The zero-order valence-electron chi connectivity index (χ0n) is 9.16. The fourth-order valence-corrected chi connectivity index (χ4v) is 1.52. The lowest BCUT2D eigenvalue weighted by atomic mass is 9.88. The number of benzene rings is 1. The minimum Gasteiger partial charge on any atom is -0.480 e. The molecule has 0 radical (unpaired) electrons. The van der Waals surface area contributed by atoms with Crippen molar-refractivity contribution in [2.45, 2.75) is 32.2 Å². The number of carboxylic acid groups (broad SMARTS) is 1. The molecular formula is C12H17NO2. The first-order valence-corrected chi connectivity index (χ1v) is 5.16. The number of aryl methyl sites for hydroxylation is 1. The lowest BCUT2D eigenvalue weighted by molar-refractivity contribution is -0.143. The third kappa shape index (κ3) is 2.18. The van der Waals surface area contributed by atoms with Gasteiger partial charge in [0.15, 0.2) is 0 Å². The molecule has 3 heteroatoms. The van der Waals surface area contributed by atoms with Crippen molar-refractivity contribution in [1.82, 2.24) is 0 Å². The first-order chi connectivity index (χ1) is 7.04. The topological polar surface area (TPSA) is 63.3 Å². The SMILES string of the molecule is CCc1ccc([C@](N)(CC)C(=O)O)cc1. The molecule has 15 heavy (non-hydrogen) atoms. The highest BCUT2D eigenvalue weighted by Crippen LogP contribution is 2.22. The van der Waals surface area contributed by atoms with Crippen LogP contribution in [0.2, 0.25) is 0 Å². The average Bonchev–Trinajstić information content (AvgIpc) is 2.28. The van der Waals surface area contributed by atoms with Crippen molar-refractivity contribution in [3.05, 3.63) is 35.4 Å². The normalized spacial score (nSPS) is 14.6. The van der Waals surface area contributed by atoms with Crippen LogP contribution in [0.4, 0.5) is 0 Å². The van der Waals surface area contributed by atoms with Gasteiger partial charge < -0.3 is 10.8 Å². The van der Waals surface area contributed by atoms with E-state index in [1.54, 1.807) is 19.1 Å². The highest BCUT2D eigenvalue weighted by Gasteiger charge is 2.33. The molecule has 1 aromatic rings. The van der Waals surface area contributed by atoms with Crippen LogP contribution in [0, 0.1) is 0 Å². The van der Waals surface area contributed by atoms with Crippen molar-refractivity contribution in [1.29, 1.82) is 0 Å². The van der Waals surface area contributed by atoms with Crippen LogP contribution < -0.4 is 5.73 Å². The number of carboxylic acids is 1. The van der Waals surface area contributed by atoms with E-state index in [4.69, 9.17) is 10.8 Å². The Morgan fingerprint density at radius 2 is 1.87 bits per heavy atom. The number of hydrogen-bond acceptors (Lipinski definition) is 2. The molecule has 0 bridgehead atoms. The Morgan fingerprint density at radius 3 is 2.20 bits per heavy atom. The van der Waals surface area contributed by atoms with Gasteiger partial charge in [0.2, 0.25) is 0 Å². The zero-order valence-corrected chi connectivity index (χ0v) is 9.16. The smallest absolute Gasteiger partial charge is 0.328 e. The molecule has 0 spiro atoms. The quantitative estimate of drug-likeness (QED) is 0.792. The maximum Gasteiger partial charge on any atom is 0.328 e. The summed E-state index contributed by atoms with van der Waals surface area (Å²) in [5, 5.41) is 9.09. The average molecular weight is 207 g/mol. The van der Waals surface area contributed by atoms with E-state index in [1.807, 2.05) is 12.1 Å². The third-order valence-corrected chi connectivity index (χ3v) is 2.82. The van der Waals surface area contributed by atoms with Gasteiger partial charge in [0.1, 0.15) is 5.54 Å². The molecule has 1 atom stereocenters. The van der Waals surface area contributed by atoms with E-state index in [2.05, 4.69) is 6.92 Å². The van der Waals surface area contributed by atoms with Crippen LogP contribution in [-0.2, 0) is 16.8 Å². The fourth-order valence-electron chi connectivity index (χ4n) is 1.52. The van der Waals surface area contributed by atoms with Crippen molar-refractivity contribution >= 4 is 5.97 Å². The van der Waals surface area contributed by atoms with Gasteiger partial charge in [-0.2, -0.15) is 0 Å². The van der Waals surface area contributed by atoms with Gasteiger partial charge in [0.05, 0.1) is 0 Å². The minimum atomic E-state index is -1.26. The number of hydrogen-bond donors (Lipinski definition) is 2. The van der Waals surface area contributed by atoms with Crippen LogP contribution in [0.1, 0.15) is 31.4 Å². The van der Waals surface area contributed by atoms with E-state index in [-0.39, 0.29) is 0 Å². The molecular weight excluding hydrogens is 190 g/mol. The third-order valence-electron chi connectivity index (χ3n) is 2.82. The highest BCUT2D eigenvalue weighted by atomic mass is 16.4. The number of carbonyl (C=O) groups is 1. The lowest BCUT2D eigenvalue weighted by Crippen LogP contribution is -2.44. The van der Waals surface area contributed by atoms with Crippen LogP contribution in [0.5, 0.6) is 0 Å². The zero-order chi connectivity index (χ0) is 11.5. The van der Waals surface area contributed by atoms with Crippen molar-refractivity contribution in [3.8, 4) is 0 Å². The molecule has 3 nitrogen and oxygen atoms in total. The molecule has 0 aliphatic carbocycles. The summed E-state index contributed by atoms with van der Waals surface area (Å²) in [4.78, 5) is 11.1. The molecule has 0 aromatic heterocycles. The second kappa shape index (κ2) is 4.45. The minimum absolute atomic E-state index is 0.383. The molecule has 0 heterocycles. The van der Waals surface area contributed by atoms with Gasteiger partial charge in [0, 0.05) is 0 Å². The van der Waals surface area contributed by atoms with Crippen LogP contribution in [0.25, 0.3) is 0 Å². The maximum atomic E-state index is 11.1. The van der Waals surface area contributed by atoms with Gasteiger partial charge in [0.25, 0.3) is 0 Å². The molecule has 0 amide bonds. The Labute approximate surface area is 89.9 Å². The van der Waals surface area contributed by atoms with Gasteiger partial charge in [-0.1, -0.05) is 38.1 Å². The summed E-state index contributed by atoms with van der Waals surface area (Å²) in [6, 6.07) is 7.46. The summed E-state index contributed by atoms with van der Waals surface area (Å²) in [7, 11) is 0. The van der Waals surface area contributed by atoms with E-state index in [0.717, 1.165) is 6.42 Å². The molecule has 1 aromatic carbocycles. The highest BCUT2D eigenvalue weighted by molar-refractivity contribution is 5.80. The molecule has 0 saturated carbocycles. The Hall–Kier alpha value is -1.35. The van der Waals surface area contributed by atoms with Crippen LogP contribution in [0.3, 0.4) is 0 Å². The Bertz CT molecular complexity index is 345. The number of rotatable bonds is 4. The monoisotopic (exact) mass is 207 g/mol. The van der Waals surface area contributed by atoms with Gasteiger partial charge in [-0.3, -0.25) is 0 Å². The van der Waals surface area contributed by atoms with Crippen molar-refractivity contribution in [2.75, 3.05) is 0 Å². The van der Waals surface area contributed by atoms with E-state index < -0.39 is 11.5 Å². The standard InChI is InChI=1S/C12H17NO2/c1-3-9-5-7-10(8-6-9)12(13,4-2)11(14)15/h5-8H,3-4,13H2,1-2H3,(H,14,15)/t12-/m1/s1. The largest absolute Gasteiger partial charge is 0.480 e. The maximum absolute atomic E-state index is 11.1. The van der Waals surface area contributed by atoms with Crippen LogP contribution in [0.15, 0.2) is 24.3 Å². The number of nitrogens with two attached hydrogens (primary N) is 1.